The fourth-order valence-corrected chi connectivity index (χ4v) is 3.51. The smallest absolute Gasteiger partial charge is 0.307 e. The third-order valence-corrected chi connectivity index (χ3v) is 4.97. The molecule has 0 aromatic heterocycles. The van der Waals surface area contributed by atoms with Crippen molar-refractivity contribution in [2.45, 2.75) is 18.9 Å². The summed E-state index contributed by atoms with van der Waals surface area (Å²) in [6.45, 7) is 3.71. The molecule has 0 radical (unpaired) electrons. The number of nitrogens with zero attached hydrogens (tertiary/aromatic N) is 2. The highest BCUT2D eigenvalue weighted by Crippen LogP contribution is 2.27. The minimum atomic E-state index is -0.643. The van der Waals surface area contributed by atoms with Gasteiger partial charge in [0.25, 0.3) is 0 Å². The van der Waals surface area contributed by atoms with E-state index < -0.39 is 5.97 Å². The van der Waals surface area contributed by atoms with Crippen molar-refractivity contribution in [3.8, 4) is 0 Å². The van der Waals surface area contributed by atoms with Gasteiger partial charge in [0.15, 0.2) is 0 Å². The highest BCUT2D eigenvalue weighted by molar-refractivity contribution is 9.10. The van der Waals surface area contributed by atoms with Crippen LogP contribution in [0.5, 0.6) is 0 Å². The summed E-state index contributed by atoms with van der Waals surface area (Å²) in [6, 6.07) is 8.91. The van der Waals surface area contributed by atoms with Crippen molar-refractivity contribution < 1.29 is 9.90 Å². The molecule has 2 aliphatic heterocycles. The van der Waals surface area contributed by atoms with Gasteiger partial charge in [0.2, 0.25) is 0 Å². The number of benzene rings is 1. The lowest BCUT2D eigenvalue weighted by Crippen LogP contribution is -2.36. The fourth-order valence-electron chi connectivity index (χ4n) is 3.25. The number of anilines is 1. The van der Waals surface area contributed by atoms with E-state index in [1.165, 1.54) is 5.69 Å². The topological polar surface area (TPSA) is 43.8 Å². The first kappa shape index (κ1) is 13.9. The maximum Gasteiger partial charge on any atom is 0.307 e. The minimum absolute atomic E-state index is 0.170. The predicted octanol–water partition coefficient (Wildman–Crippen LogP) is 2.43. The predicted molar refractivity (Wildman–Crippen MR) is 82.1 cm³/mol. The van der Waals surface area contributed by atoms with Crippen LogP contribution in [0.3, 0.4) is 0 Å². The highest BCUT2D eigenvalue weighted by atomic mass is 79.9. The normalized spacial score (nSPS) is 27.1. The second-order valence-corrected chi connectivity index (χ2v) is 6.60. The fraction of sp³-hybridized carbons (Fsp3) is 0.533. The van der Waals surface area contributed by atoms with Gasteiger partial charge in [-0.05, 0) is 43.7 Å². The molecule has 2 unspecified atom stereocenters. The van der Waals surface area contributed by atoms with E-state index in [0.29, 0.717) is 12.6 Å². The van der Waals surface area contributed by atoms with Crippen LogP contribution in [0.15, 0.2) is 28.7 Å². The maximum absolute atomic E-state index is 11.0. The molecule has 0 aliphatic carbocycles. The van der Waals surface area contributed by atoms with Crippen LogP contribution in [0.25, 0.3) is 0 Å². The first-order valence-corrected chi connectivity index (χ1v) is 7.90. The Kier molecular flexibility index (Phi) is 3.98. The van der Waals surface area contributed by atoms with Gasteiger partial charge in [-0.15, -0.1) is 0 Å². The molecule has 0 amide bonds. The Bertz CT molecular complexity index is 491. The van der Waals surface area contributed by atoms with Gasteiger partial charge in [0.1, 0.15) is 0 Å². The number of halogens is 1. The summed E-state index contributed by atoms with van der Waals surface area (Å²) in [4.78, 5) is 15.8. The molecule has 0 bridgehead atoms. The zero-order valence-corrected chi connectivity index (χ0v) is 12.9. The number of hydrogen-bond acceptors (Lipinski definition) is 3. The first-order valence-electron chi connectivity index (χ1n) is 7.11. The maximum atomic E-state index is 11.0. The van der Waals surface area contributed by atoms with Gasteiger partial charge in [0, 0.05) is 35.8 Å². The zero-order chi connectivity index (χ0) is 14.1. The standard InChI is InChI=1S/C15H19BrN2O2/c16-12-1-3-13(4-2-12)18-8-6-14(10-18)17-7-5-11(9-17)15(19)20/h1-4,11,14H,5-10H2,(H,19,20). The molecule has 1 N–H and O–H groups in total. The summed E-state index contributed by atoms with van der Waals surface area (Å²) in [6.07, 6.45) is 1.92. The van der Waals surface area contributed by atoms with E-state index in [2.05, 4.69) is 50.0 Å². The van der Waals surface area contributed by atoms with Gasteiger partial charge < -0.3 is 10.0 Å². The van der Waals surface area contributed by atoms with Gasteiger partial charge >= 0.3 is 5.97 Å². The van der Waals surface area contributed by atoms with Crippen LogP contribution < -0.4 is 4.90 Å². The molecule has 20 heavy (non-hydrogen) atoms. The third kappa shape index (κ3) is 2.83. The van der Waals surface area contributed by atoms with Crippen molar-refractivity contribution in [1.29, 1.82) is 0 Å². The van der Waals surface area contributed by atoms with E-state index in [9.17, 15) is 4.79 Å². The highest BCUT2D eigenvalue weighted by Gasteiger charge is 2.35. The van der Waals surface area contributed by atoms with E-state index in [4.69, 9.17) is 5.11 Å². The molecule has 1 aromatic carbocycles. The van der Waals surface area contributed by atoms with E-state index in [0.717, 1.165) is 36.9 Å². The molecule has 2 heterocycles. The molecule has 3 rings (SSSR count). The molecular formula is C15H19BrN2O2. The summed E-state index contributed by atoms with van der Waals surface area (Å²) < 4.78 is 1.10. The lowest BCUT2D eigenvalue weighted by Gasteiger charge is -2.24. The molecule has 5 heteroatoms. The third-order valence-electron chi connectivity index (χ3n) is 4.44. The van der Waals surface area contributed by atoms with Gasteiger partial charge in [-0.3, -0.25) is 9.69 Å². The number of likely N-dealkylation sites (tertiary alicyclic amines) is 1. The Labute approximate surface area is 127 Å². The second-order valence-electron chi connectivity index (χ2n) is 5.68. The summed E-state index contributed by atoms with van der Waals surface area (Å²) in [5, 5.41) is 9.09. The molecule has 2 atom stereocenters. The summed E-state index contributed by atoms with van der Waals surface area (Å²) in [5.74, 6) is -0.813. The van der Waals surface area contributed by atoms with Gasteiger partial charge in [0.05, 0.1) is 5.92 Å². The molecular weight excluding hydrogens is 320 g/mol. The molecule has 108 valence electrons. The molecule has 1 aromatic rings. The summed E-state index contributed by atoms with van der Waals surface area (Å²) in [7, 11) is 0. The number of carboxylic acids is 1. The Hall–Kier alpha value is -1.07. The van der Waals surface area contributed by atoms with E-state index in [1.807, 2.05) is 0 Å². The number of carbonyl (C=O) groups is 1. The van der Waals surface area contributed by atoms with Crippen molar-refractivity contribution in [3.05, 3.63) is 28.7 Å². The van der Waals surface area contributed by atoms with Crippen molar-refractivity contribution in [2.24, 2.45) is 5.92 Å². The number of aliphatic carboxylic acids is 1. The number of carboxylic acid groups (broad SMARTS) is 1. The van der Waals surface area contributed by atoms with E-state index in [-0.39, 0.29) is 5.92 Å². The molecule has 4 nitrogen and oxygen atoms in total. The van der Waals surface area contributed by atoms with Crippen LogP contribution >= 0.6 is 15.9 Å². The number of rotatable bonds is 3. The quantitative estimate of drug-likeness (QED) is 0.919. The molecule has 0 spiro atoms. The van der Waals surface area contributed by atoms with Gasteiger partial charge in [-0.2, -0.15) is 0 Å². The lowest BCUT2D eigenvalue weighted by atomic mass is 10.1. The monoisotopic (exact) mass is 338 g/mol. The summed E-state index contributed by atoms with van der Waals surface area (Å²) >= 11 is 3.46. The van der Waals surface area contributed by atoms with Crippen molar-refractivity contribution in [1.82, 2.24) is 4.90 Å². The average Bonchev–Trinajstić information content (AvgIpc) is 3.08. The van der Waals surface area contributed by atoms with E-state index in [1.54, 1.807) is 0 Å². The van der Waals surface area contributed by atoms with Crippen LogP contribution in [0.4, 0.5) is 5.69 Å². The molecule has 2 aliphatic rings. The van der Waals surface area contributed by atoms with Crippen LogP contribution in [0, 0.1) is 5.92 Å². The molecule has 0 saturated carbocycles. The minimum Gasteiger partial charge on any atom is -0.481 e. The number of hydrogen-bond donors (Lipinski definition) is 1. The Morgan fingerprint density at radius 3 is 2.55 bits per heavy atom. The van der Waals surface area contributed by atoms with Crippen molar-refractivity contribution >= 4 is 27.6 Å². The van der Waals surface area contributed by atoms with Crippen LogP contribution in [0.2, 0.25) is 0 Å². The molecule has 2 saturated heterocycles. The van der Waals surface area contributed by atoms with Crippen molar-refractivity contribution in [2.75, 3.05) is 31.1 Å². The SMILES string of the molecule is O=C(O)C1CCN(C2CCN(c3ccc(Br)cc3)C2)C1. The van der Waals surface area contributed by atoms with Gasteiger partial charge in [-0.25, -0.2) is 0 Å². The Morgan fingerprint density at radius 2 is 1.90 bits per heavy atom. The lowest BCUT2D eigenvalue weighted by molar-refractivity contribution is -0.141. The van der Waals surface area contributed by atoms with Crippen LogP contribution in [-0.2, 0) is 4.79 Å². The Balaban J connectivity index is 1.60. The largest absolute Gasteiger partial charge is 0.481 e. The first-order chi connectivity index (χ1) is 9.63. The van der Waals surface area contributed by atoms with Crippen LogP contribution in [0.1, 0.15) is 12.8 Å². The van der Waals surface area contributed by atoms with Crippen LogP contribution in [-0.4, -0.2) is 48.2 Å². The van der Waals surface area contributed by atoms with Gasteiger partial charge in [-0.1, -0.05) is 15.9 Å². The average molecular weight is 339 g/mol. The Morgan fingerprint density at radius 1 is 1.15 bits per heavy atom. The van der Waals surface area contributed by atoms with Crippen molar-refractivity contribution in [3.63, 3.8) is 0 Å². The zero-order valence-electron chi connectivity index (χ0n) is 11.3. The van der Waals surface area contributed by atoms with E-state index >= 15 is 0 Å². The summed E-state index contributed by atoms with van der Waals surface area (Å²) in [5.41, 5.74) is 1.25. The second kappa shape index (κ2) is 5.74. The molecule has 2 fully saturated rings.